The van der Waals surface area contributed by atoms with Crippen LogP contribution in [0.4, 0.5) is 5.95 Å². The van der Waals surface area contributed by atoms with Crippen LogP contribution in [-0.4, -0.2) is 51.0 Å². The van der Waals surface area contributed by atoms with E-state index in [0.717, 1.165) is 11.3 Å². The highest BCUT2D eigenvalue weighted by atomic mass is 32.1. The molecule has 20 heavy (non-hydrogen) atoms. The Labute approximate surface area is 117 Å². The van der Waals surface area contributed by atoms with Crippen LogP contribution in [0, 0.1) is 0 Å². The number of rotatable bonds is 4. The molecular weight excluding hydrogens is 284 g/mol. The van der Waals surface area contributed by atoms with Crippen molar-refractivity contribution in [2.24, 2.45) is 5.73 Å². The molecule has 2 aromatic heterocycles. The summed E-state index contributed by atoms with van der Waals surface area (Å²) in [5.74, 6) is -1.81. The second kappa shape index (κ2) is 5.17. The lowest BCUT2D eigenvalue weighted by Crippen LogP contribution is -2.21. The molecule has 0 aliphatic rings. The number of aromatic carboxylic acids is 1. The van der Waals surface area contributed by atoms with E-state index < -0.39 is 11.9 Å². The van der Waals surface area contributed by atoms with Crippen molar-refractivity contribution in [3.05, 3.63) is 16.9 Å². The second-order valence-electron chi connectivity index (χ2n) is 3.88. The normalized spacial score (nSPS) is 10.3. The van der Waals surface area contributed by atoms with Crippen molar-refractivity contribution in [1.82, 2.24) is 19.9 Å². The Morgan fingerprint density at radius 2 is 1.95 bits per heavy atom. The molecule has 0 atom stereocenters. The van der Waals surface area contributed by atoms with Crippen LogP contribution in [0.15, 0.2) is 5.38 Å². The van der Waals surface area contributed by atoms with Crippen LogP contribution in [0.2, 0.25) is 0 Å². The van der Waals surface area contributed by atoms with Gasteiger partial charge in [0.1, 0.15) is 0 Å². The third kappa shape index (κ3) is 2.69. The molecule has 0 aliphatic carbocycles. The van der Waals surface area contributed by atoms with Gasteiger partial charge in [-0.2, -0.15) is 9.97 Å². The van der Waals surface area contributed by atoms with Gasteiger partial charge >= 0.3 is 5.97 Å². The molecule has 0 saturated heterocycles. The summed E-state index contributed by atoms with van der Waals surface area (Å²) < 4.78 is 0. The topological polar surface area (TPSA) is 135 Å². The molecule has 2 rings (SSSR count). The fraction of sp³-hybridized carbons (Fsp3) is 0.200. The van der Waals surface area contributed by atoms with Gasteiger partial charge < -0.3 is 15.7 Å². The largest absolute Gasteiger partial charge is 0.476 e. The summed E-state index contributed by atoms with van der Waals surface area (Å²) in [6.07, 6.45) is 0. The number of hydrogen-bond donors (Lipinski definition) is 2. The lowest BCUT2D eigenvalue weighted by Gasteiger charge is -2.10. The lowest BCUT2D eigenvalue weighted by molar-refractivity contribution is 0.0691. The Bertz CT molecular complexity index is 683. The van der Waals surface area contributed by atoms with Crippen LogP contribution in [0.3, 0.4) is 0 Å². The average molecular weight is 294 g/mol. The van der Waals surface area contributed by atoms with E-state index in [-0.39, 0.29) is 28.3 Å². The van der Waals surface area contributed by atoms with Gasteiger partial charge in [0.2, 0.25) is 11.8 Å². The van der Waals surface area contributed by atoms with Gasteiger partial charge in [-0.3, -0.25) is 4.79 Å². The molecule has 3 N–H and O–H groups in total. The summed E-state index contributed by atoms with van der Waals surface area (Å²) in [5.41, 5.74) is 5.05. The number of carboxylic acids is 1. The molecule has 0 radical (unpaired) electrons. The summed E-state index contributed by atoms with van der Waals surface area (Å²) in [5, 5.41) is 10.5. The average Bonchev–Trinajstić information content (AvgIpc) is 2.87. The van der Waals surface area contributed by atoms with Crippen molar-refractivity contribution in [3.8, 4) is 10.8 Å². The van der Waals surface area contributed by atoms with Gasteiger partial charge in [0.05, 0.1) is 0 Å². The minimum absolute atomic E-state index is 0.106. The minimum atomic E-state index is -1.15. The zero-order valence-corrected chi connectivity index (χ0v) is 11.4. The monoisotopic (exact) mass is 294 g/mol. The summed E-state index contributed by atoms with van der Waals surface area (Å²) >= 11 is 1.06. The molecule has 104 valence electrons. The van der Waals surface area contributed by atoms with Crippen molar-refractivity contribution in [2.75, 3.05) is 19.0 Å². The van der Waals surface area contributed by atoms with Crippen molar-refractivity contribution in [1.29, 1.82) is 0 Å². The van der Waals surface area contributed by atoms with E-state index in [1.807, 2.05) is 0 Å². The van der Waals surface area contributed by atoms with Crippen LogP contribution in [-0.2, 0) is 0 Å². The third-order valence-electron chi connectivity index (χ3n) is 2.16. The molecule has 9 nitrogen and oxygen atoms in total. The van der Waals surface area contributed by atoms with E-state index >= 15 is 0 Å². The van der Waals surface area contributed by atoms with E-state index in [1.54, 1.807) is 19.0 Å². The number of primary amides is 1. The Hall–Kier alpha value is -2.62. The first-order chi connectivity index (χ1) is 9.38. The van der Waals surface area contributed by atoms with Crippen LogP contribution >= 0.6 is 11.3 Å². The van der Waals surface area contributed by atoms with Crippen molar-refractivity contribution in [3.63, 3.8) is 0 Å². The molecule has 0 fully saturated rings. The van der Waals surface area contributed by atoms with Gasteiger partial charge in [-0.25, -0.2) is 14.8 Å². The first-order valence-corrected chi connectivity index (χ1v) is 6.19. The Kier molecular flexibility index (Phi) is 3.57. The van der Waals surface area contributed by atoms with Crippen molar-refractivity contribution < 1.29 is 14.7 Å². The summed E-state index contributed by atoms with van der Waals surface area (Å²) in [7, 11) is 3.38. The van der Waals surface area contributed by atoms with Gasteiger partial charge in [-0.05, 0) is 0 Å². The first kappa shape index (κ1) is 13.8. The molecule has 0 spiro atoms. The SMILES string of the molecule is CN(C)c1nc(C(N)=O)nc(-c2nc(C(=O)O)cs2)n1. The Morgan fingerprint density at radius 3 is 2.45 bits per heavy atom. The molecule has 0 unspecified atom stereocenters. The van der Waals surface area contributed by atoms with Gasteiger partial charge in [-0.1, -0.05) is 0 Å². The maximum absolute atomic E-state index is 11.2. The highest BCUT2D eigenvalue weighted by molar-refractivity contribution is 7.13. The molecule has 1 amide bonds. The minimum Gasteiger partial charge on any atom is -0.476 e. The lowest BCUT2D eigenvalue weighted by atomic mass is 10.5. The van der Waals surface area contributed by atoms with Gasteiger partial charge in [0.25, 0.3) is 5.91 Å². The van der Waals surface area contributed by atoms with Gasteiger partial charge in [0.15, 0.2) is 16.5 Å². The van der Waals surface area contributed by atoms with E-state index in [1.165, 1.54) is 5.38 Å². The number of thiazole rings is 1. The number of nitrogens with two attached hydrogens (primary N) is 1. The summed E-state index contributed by atoms with van der Waals surface area (Å²) in [6.45, 7) is 0. The van der Waals surface area contributed by atoms with E-state index in [2.05, 4.69) is 19.9 Å². The van der Waals surface area contributed by atoms with Gasteiger partial charge in [-0.15, -0.1) is 11.3 Å². The van der Waals surface area contributed by atoms with Crippen LogP contribution in [0.1, 0.15) is 21.1 Å². The fourth-order valence-electron chi connectivity index (χ4n) is 1.25. The molecular formula is C10H10N6O3S. The molecule has 0 bridgehead atoms. The number of hydrogen-bond acceptors (Lipinski definition) is 8. The highest BCUT2D eigenvalue weighted by Gasteiger charge is 2.17. The van der Waals surface area contributed by atoms with Crippen LogP contribution in [0.5, 0.6) is 0 Å². The van der Waals surface area contributed by atoms with E-state index in [4.69, 9.17) is 10.8 Å². The Morgan fingerprint density at radius 1 is 1.25 bits per heavy atom. The fourth-order valence-corrected chi connectivity index (χ4v) is 1.97. The predicted octanol–water partition coefficient (Wildman–Crippen LogP) is -0.142. The van der Waals surface area contributed by atoms with E-state index in [0.29, 0.717) is 0 Å². The molecule has 10 heteroatoms. The standard InChI is InChI=1S/C10H10N6O3S/c1-16(2)10-14-6(5(11)17)13-7(15-10)8-12-4(3-20-8)9(18)19/h3H,1-2H3,(H2,11,17)(H,18,19). The zero-order chi connectivity index (χ0) is 14.9. The second-order valence-corrected chi connectivity index (χ2v) is 4.74. The predicted molar refractivity (Wildman–Crippen MR) is 70.7 cm³/mol. The highest BCUT2D eigenvalue weighted by Crippen LogP contribution is 2.21. The number of amides is 1. The number of nitrogens with zero attached hydrogens (tertiary/aromatic N) is 5. The van der Waals surface area contributed by atoms with Gasteiger partial charge in [0, 0.05) is 19.5 Å². The Balaban J connectivity index is 2.54. The first-order valence-electron chi connectivity index (χ1n) is 5.31. The molecule has 0 saturated carbocycles. The summed E-state index contributed by atoms with van der Waals surface area (Å²) in [6, 6.07) is 0. The maximum atomic E-state index is 11.2. The van der Waals surface area contributed by atoms with E-state index in [9.17, 15) is 9.59 Å². The molecule has 2 heterocycles. The number of anilines is 1. The number of aromatic nitrogens is 4. The number of carboxylic acid groups (broad SMARTS) is 1. The zero-order valence-electron chi connectivity index (χ0n) is 10.6. The molecule has 0 aliphatic heterocycles. The molecule has 2 aromatic rings. The quantitative estimate of drug-likeness (QED) is 0.795. The maximum Gasteiger partial charge on any atom is 0.355 e. The van der Waals surface area contributed by atoms with Crippen molar-refractivity contribution >= 4 is 29.2 Å². The number of carbonyl (C=O) groups is 2. The smallest absolute Gasteiger partial charge is 0.355 e. The van der Waals surface area contributed by atoms with Crippen LogP contribution in [0.25, 0.3) is 10.8 Å². The summed E-state index contributed by atoms with van der Waals surface area (Å²) in [4.78, 5) is 39.4. The number of carbonyl (C=O) groups excluding carboxylic acids is 1. The van der Waals surface area contributed by atoms with Crippen LogP contribution < -0.4 is 10.6 Å². The van der Waals surface area contributed by atoms with Crippen molar-refractivity contribution in [2.45, 2.75) is 0 Å². The third-order valence-corrected chi connectivity index (χ3v) is 3.00. The molecule has 0 aromatic carbocycles.